The molecule has 0 aromatic carbocycles. The Hall–Kier alpha value is -0.650. The molecule has 0 aliphatic heterocycles. The van der Waals surface area contributed by atoms with Crippen LogP contribution in [0.4, 0.5) is 0 Å². The van der Waals surface area contributed by atoms with Crippen LogP contribution in [0.3, 0.4) is 0 Å². The minimum Gasteiger partial charge on any atom is -0.385 e. The van der Waals surface area contributed by atoms with Crippen LogP contribution < -0.4 is 5.73 Å². The van der Waals surface area contributed by atoms with Crippen LogP contribution in [0, 0.1) is 11.8 Å². The van der Waals surface area contributed by atoms with Crippen LogP contribution in [0.1, 0.15) is 39.0 Å². The number of amides is 1. The van der Waals surface area contributed by atoms with Gasteiger partial charge in [0.25, 0.3) is 0 Å². The van der Waals surface area contributed by atoms with E-state index in [-0.39, 0.29) is 17.9 Å². The third kappa shape index (κ3) is 6.32. The number of nitrogens with zero attached hydrogens (tertiary/aromatic N) is 1. The topological polar surface area (TPSA) is 64.8 Å². The Labute approximate surface area is 129 Å². The predicted octanol–water partition coefficient (Wildman–Crippen LogP) is 1.65. The molecule has 1 aliphatic carbocycles. The first-order valence-electron chi connectivity index (χ1n) is 8.12. The van der Waals surface area contributed by atoms with E-state index in [9.17, 15) is 4.79 Å². The van der Waals surface area contributed by atoms with Crippen LogP contribution >= 0.6 is 0 Å². The molecular formula is C16H32N2O3. The van der Waals surface area contributed by atoms with Gasteiger partial charge in [-0.15, -0.1) is 0 Å². The monoisotopic (exact) mass is 300 g/mol. The lowest BCUT2D eigenvalue weighted by atomic mass is 9.78. The summed E-state index contributed by atoms with van der Waals surface area (Å²) in [6.07, 6.45) is 5.20. The Morgan fingerprint density at radius 1 is 1.24 bits per heavy atom. The van der Waals surface area contributed by atoms with Crippen molar-refractivity contribution in [2.75, 3.05) is 40.5 Å². The first kappa shape index (κ1) is 18.4. The van der Waals surface area contributed by atoms with Gasteiger partial charge in [-0.2, -0.15) is 0 Å². The summed E-state index contributed by atoms with van der Waals surface area (Å²) in [6, 6.07) is 0.264. The van der Waals surface area contributed by atoms with Gasteiger partial charge in [-0.25, -0.2) is 0 Å². The summed E-state index contributed by atoms with van der Waals surface area (Å²) >= 11 is 0. The number of methoxy groups -OCH3 is 2. The molecule has 124 valence electrons. The van der Waals surface area contributed by atoms with Crippen LogP contribution in [0.25, 0.3) is 0 Å². The summed E-state index contributed by atoms with van der Waals surface area (Å²) in [5.41, 5.74) is 6.06. The van der Waals surface area contributed by atoms with Crippen LogP contribution in [-0.4, -0.2) is 57.4 Å². The number of nitrogens with two attached hydrogens (primary N) is 1. The van der Waals surface area contributed by atoms with Crippen LogP contribution in [0.2, 0.25) is 0 Å². The van der Waals surface area contributed by atoms with E-state index in [2.05, 4.69) is 6.92 Å². The van der Waals surface area contributed by atoms with E-state index in [1.807, 2.05) is 4.90 Å². The maximum Gasteiger partial charge on any atom is 0.225 e. The lowest BCUT2D eigenvalue weighted by molar-refractivity contribution is -0.138. The number of rotatable bonds is 9. The molecule has 0 spiro atoms. The average molecular weight is 300 g/mol. The van der Waals surface area contributed by atoms with E-state index >= 15 is 0 Å². The zero-order chi connectivity index (χ0) is 15.7. The smallest absolute Gasteiger partial charge is 0.225 e. The second kappa shape index (κ2) is 10.1. The zero-order valence-corrected chi connectivity index (χ0v) is 13.8. The number of ether oxygens (including phenoxy) is 2. The van der Waals surface area contributed by atoms with E-state index in [1.54, 1.807) is 14.2 Å². The van der Waals surface area contributed by atoms with Gasteiger partial charge in [-0.1, -0.05) is 13.3 Å². The first-order chi connectivity index (χ1) is 10.1. The summed E-state index contributed by atoms with van der Waals surface area (Å²) in [4.78, 5) is 14.7. The van der Waals surface area contributed by atoms with E-state index in [4.69, 9.17) is 15.2 Å². The minimum atomic E-state index is 0.0516. The third-order valence-corrected chi connectivity index (χ3v) is 4.51. The Morgan fingerprint density at radius 3 is 2.57 bits per heavy atom. The van der Waals surface area contributed by atoms with Crippen molar-refractivity contribution in [3.05, 3.63) is 0 Å². The number of carbonyl (C=O) groups excluding carboxylic acids is 1. The van der Waals surface area contributed by atoms with Gasteiger partial charge in [0.05, 0.1) is 6.61 Å². The van der Waals surface area contributed by atoms with Gasteiger partial charge < -0.3 is 20.1 Å². The first-order valence-corrected chi connectivity index (χ1v) is 8.12. The molecule has 1 fully saturated rings. The Balaban J connectivity index is 2.55. The average Bonchev–Trinajstić information content (AvgIpc) is 2.49. The fourth-order valence-electron chi connectivity index (χ4n) is 3.14. The second-order valence-corrected chi connectivity index (χ2v) is 6.14. The molecule has 3 unspecified atom stereocenters. The van der Waals surface area contributed by atoms with Crippen molar-refractivity contribution in [3.63, 3.8) is 0 Å². The fraction of sp³-hybridized carbons (Fsp3) is 0.938. The third-order valence-electron chi connectivity index (χ3n) is 4.51. The van der Waals surface area contributed by atoms with Gasteiger partial charge in [0.15, 0.2) is 0 Å². The standard InChI is InChI=1S/C16H32N2O3/c1-13(14-6-4-7-15(17)12-14)16(19)18(9-11-21-3)8-5-10-20-2/h13-15H,4-12,17H2,1-3H3. The molecule has 1 amide bonds. The SMILES string of the molecule is COCCCN(CCOC)C(=O)C(C)C1CCCC(N)C1. The molecule has 1 saturated carbocycles. The highest BCUT2D eigenvalue weighted by Crippen LogP contribution is 2.30. The lowest BCUT2D eigenvalue weighted by Gasteiger charge is -2.33. The van der Waals surface area contributed by atoms with Crippen LogP contribution in [0.5, 0.6) is 0 Å². The normalized spacial score (nSPS) is 23.8. The van der Waals surface area contributed by atoms with Gasteiger partial charge in [-0.05, 0) is 31.6 Å². The van der Waals surface area contributed by atoms with Crippen LogP contribution in [0.15, 0.2) is 0 Å². The summed E-state index contributed by atoms with van der Waals surface area (Å²) in [7, 11) is 3.36. The molecule has 0 radical (unpaired) electrons. The Morgan fingerprint density at radius 2 is 1.95 bits per heavy atom. The quantitative estimate of drug-likeness (QED) is 0.658. The Kier molecular flexibility index (Phi) is 8.88. The molecular weight excluding hydrogens is 268 g/mol. The van der Waals surface area contributed by atoms with Gasteiger partial charge in [0, 0.05) is 45.9 Å². The van der Waals surface area contributed by atoms with Crippen molar-refractivity contribution in [1.82, 2.24) is 4.90 Å². The maximum atomic E-state index is 12.7. The predicted molar refractivity (Wildman–Crippen MR) is 84.0 cm³/mol. The maximum absolute atomic E-state index is 12.7. The molecule has 0 saturated heterocycles. The van der Waals surface area contributed by atoms with Crippen molar-refractivity contribution in [3.8, 4) is 0 Å². The highest BCUT2D eigenvalue weighted by molar-refractivity contribution is 5.78. The van der Waals surface area contributed by atoms with Crippen LogP contribution in [-0.2, 0) is 14.3 Å². The molecule has 0 bridgehead atoms. The van der Waals surface area contributed by atoms with Gasteiger partial charge in [0.2, 0.25) is 5.91 Å². The van der Waals surface area contributed by atoms with Crippen molar-refractivity contribution in [2.24, 2.45) is 17.6 Å². The molecule has 0 aromatic heterocycles. The van der Waals surface area contributed by atoms with E-state index in [1.165, 1.54) is 0 Å². The molecule has 2 N–H and O–H groups in total. The lowest BCUT2D eigenvalue weighted by Crippen LogP contribution is -2.42. The minimum absolute atomic E-state index is 0.0516. The molecule has 0 aromatic rings. The molecule has 1 aliphatic rings. The second-order valence-electron chi connectivity index (χ2n) is 6.14. The van der Waals surface area contributed by atoms with E-state index in [0.29, 0.717) is 25.7 Å². The van der Waals surface area contributed by atoms with E-state index in [0.717, 1.165) is 38.6 Å². The molecule has 21 heavy (non-hydrogen) atoms. The van der Waals surface area contributed by atoms with Gasteiger partial charge >= 0.3 is 0 Å². The van der Waals surface area contributed by atoms with Crippen molar-refractivity contribution >= 4 is 5.91 Å². The van der Waals surface area contributed by atoms with Gasteiger partial charge in [0.1, 0.15) is 0 Å². The zero-order valence-electron chi connectivity index (χ0n) is 13.8. The van der Waals surface area contributed by atoms with Crippen molar-refractivity contribution in [2.45, 2.75) is 45.1 Å². The number of hydrogen-bond donors (Lipinski definition) is 1. The summed E-state index contributed by atoms with van der Waals surface area (Å²) in [5.74, 6) is 0.715. The van der Waals surface area contributed by atoms with E-state index < -0.39 is 0 Å². The summed E-state index contributed by atoms with van der Waals surface area (Å²) in [6.45, 7) is 4.71. The molecule has 1 rings (SSSR count). The number of hydrogen-bond acceptors (Lipinski definition) is 4. The highest BCUT2D eigenvalue weighted by Gasteiger charge is 2.30. The summed E-state index contributed by atoms with van der Waals surface area (Å²) < 4.78 is 10.2. The summed E-state index contributed by atoms with van der Waals surface area (Å²) in [5, 5.41) is 0. The molecule has 5 nitrogen and oxygen atoms in total. The Bertz CT molecular complexity index is 299. The van der Waals surface area contributed by atoms with Crippen molar-refractivity contribution in [1.29, 1.82) is 0 Å². The molecule has 0 heterocycles. The van der Waals surface area contributed by atoms with Gasteiger partial charge in [-0.3, -0.25) is 4.79 Å². The number of carbonyl (C=O) groups is 1. The molecule has 5 heteroatoms. The van der Waals surface area contributed by atoms with Crippen molar-refractivity contribution < 1.29 is 14.3 Å². The largest absolute Gasteiger partial charge is 0.385 e. The highest BCUT2D eigenvalue weighted by atomic mass is 16.5. The molecule has 3 atom stereocenters. The fourth-order valence-corrected chi connectivity index (χ4v) is 3.14.